The fourth-order valence-electron chi connectivity index (χ4n) is 1.70. The van der Waals surface area contributed by atoms with Crippen LogP contribution in [-0.2, 0) is 6.42 Å². The molecule has 0 spiro atoms. The Hall–Kier alpha value is -1.37. The lowest BCUT2D eigenvalue weighted by Gasteiger charge is -2.07. The maximum atomic E-state index is 5.24. The van der Waals surface area contributed by atoms with Gasteiger partial charge < -0.3 is 9.09 Å². The zero-order chi connectivity index (χ0) is 12.5. The number of hydrogen-bond acceptors (Lipinski definition) is 6. The molecule has 2 heterocycles. The molecule has 0 bridgehead atoms. The van der Waals surface area contributed by atoms with E-state index < -0.39 is 0 Å². The van der Waals surface area contributed by atoms with Gasteiger partial charge in [-0.2, -0.15) is 4.98 Å². The second kappa shape index (κ2) is 4.72. The molecule has 2 aromatic rings. The van der Waals surface area contributed by atoms with Gasteiger partial charge in [0, 0.05) is 12.5 Å². The quantitative estimate of drug-likeness (QED) is 0.773. The van der Waals surface area contributed by atoms with Crippen molar-refractivity contribution in [1.29, 1.82) is 0 Å². The highest BCUT2D eigenvalue weighted by molar-refractivity contribution is 7.99. The van der Waals surface area contributed by atoms with Crippen LogP contribution >= 0.6 is 11.8 Å². The van der Waals surface area contributed by atoms with Gasteiger partial charge in [0.05, 0.1) is 5.25 Å². The predicted molar refractivity (Wildman–Crippen MR) is 66.2 cm³/mol. The van der Waals surface area contributed by atoms with Gasteiger partial charge in [0.2, 0.25) is 5.89 Å². The van der Waals surface area contributed by atoms with E-state index in [1.54, 1.807) is 18.1 Å². The van der Waals surface area contributed by atoms with Gasteiger partial charge in [-0.25, -0.2) is 0 Å². The Morgan fingerprint density at radius 1 is 1.56 bits per heavy atom. The molecular weight excluding hydrogens is 250 g/mol. The van der Waals surface area contributed by atoms with Gasteiger partial charge in [-0.3, -0.25) is 0 Å². The summed E-state index contributed by atoms with van der Waals surface area (Å²) >= 11 is 1.62. The second-order valence-corrected chi connectivity index (χ2v) is 5.72. The third-order valence-electron chi connectivity index (χ3n) is 2.91. The fourth-order valence-corrected chi connectivity index (χ4v) is 2.63. The Kier molecular flexibility index (Phi) is 3.07. The predicted octanol–water partition coefficient (Wildman–Crippen LogP) is 2.41. The van der Waals surface area contributed by atoms with Crippen molar-refractivity contribution in [3.05, 3.63) is 18.0 Å². The average Bonchev–Trinajstić information content (AvgIpc) is 2.93. The van der Waals surface area contributed by atoms with Gasteiger partial charge >= 0.3 is 0 Å². The molecule has 0 aromatic carbocycles. The van der Waals surface area contributed by atoms with E-state index in [0.29, 0.717) is 11.9 Å². The topological polar surface area (TPSA) is 69.6 Å². The highest BCUT2D eigenvalue weighted by Gasteiger charge is 2.27. The van der Waals surface area contributed by atoms with Crippen LogP contribution in [0.5, 0.6) is 0 Å². The Balaban J connectivity index is 1.73. The number of aryl methyl sites for hydroxylation is 1. The van der Waals surface area contributed by atoms with Gasteiger partial charge in [-0.15, -0.1) is 10.2 Å². The van der Waals surface area contributed by atoms with Crippen molar-refractivity contribution in [1.82, 2.24) is 24.9 Å². The van der Waals surface area contributed by atoms with Crippen molar-refractivity contribution in [2.45, 2.75) is 49.6 Å². The van der Waals surface area contributed by atoms with E-state index in [4.69, 9.17) is 4.52 Å². The summed E-state index contributed by atoms with van der Waals surface area (Å²) in [4.78, 5) is 4.34. The number of thioether (sulfide) groups is 1. The zero-order valence-corrected chi connectivity index (χ0v) is 11.2. The van der Waals surface area contributed by atoms with Crippen molar-refractivity contribution in [3.63, 3.8) is 0 Å². The van der Waals surface area contributed by atoms with E-state index in [9.17, 15) is 0 Å². The first kappa shape index (κ1) is 11.7. The van der Waals surface area contributed by atoms with Crippen molar-refractivity contribution >= 4 is 11.8 Å². The van der Waals surface area contributed by atoms with E-state index in [1.165, 1.54) is 12.8 Å². The molecule has 0 saturated heterocycles. The summed E-state index contributed by atoms with van der Waals surface area (Å²) in [5.41, 5.74) is 0. The maximum absolute atomic E-state index is 5.24. The molecule has 3 rings (SSSR count). The molecule has 18 heavy (non-hydrogen) atoms. The van der Waals surface area contributed by atoms with Crippen LogP contribution < -0.4 is 0 Å². The summed E-state index contributed by atoms with van der Waals surface area (Å²) in [6, 6.07) is 0.587. The molecule has 1 aliphatic carbocycles. The van der Waals surface area contributed by atoms with E-state index in [1.807, 2.05) is 13.8 Å². The Morgan fingerprint density at radius 3 is 3.06 bits per heavy atom. The van der Waals surface area contributed by atoms with Crippen LogP contribution in [0.25, 0.3) is 0 Å². The van der Waals surface area contributed by atoms with Crippen LogP contribution in [-0.4, -0.2) is 24.9 Å². The van der Waals surface area contributed by atoms with E-state index in [0.717, 1.165) is 17.4 Å². The van der Waals surface area contributed by atoms with Crippen LogP contribution in [0.3, 0.4) is 0 Å². The van der Waals surface area contributed by atoms with Crippen LogP contribution in [0, 0.1) is 0 Å². The third kappa shape index (κ3) is 2.27. The molecule has 0 radical (unpaired) electrons. The normalized spacial score (nSPS) is 17.0. The van der Waals surface area contributed by atoms with Gasteiger partial charge in [0.1, 0.15) is 6.33 Å². The first-order valence-corrected chi connectivity index (χ1v) is 7.04. The van der Waals surface area contributed by atoms with E-state index >= 15 is 0 Å². The minimum absolute atomic E-state index is 0.0968. The molecule has 7 heteroatoms. The molecule has 1 atom stereocenters. The Morgan fingerprint density at radius 2 is 2.39 bits per heavy atom. The Bertz CT molecular complexity index is 533. The van der Waals surface area contributed by atoms with Crippen LogP contribution in [0.4, 0.5) is 0 Å². The Labute approximate surface area is 109 Å². The monoisotopic (exact) mass is 265 g/mol. The van der Waals surface area contributed by atoms with E-state index in [-0.39, 0.29) is 5.25 Å². The first-order valence-electron chi connectivity index (χ1n) is 6.16. The van der Waals surface area contributed by atoms with Crippen molar-refractivity contribution in [2.24, 2.45) is 0 Å². The van der Waals surface area contributed by atoms with Crippen LogP contribution in [0.15, 0.2) is 16.0 Å². The molecule has 96 valence electrons. The molecule has 1 aliphatic rings. The average molecular weight is 265 g/mol. The lowest BCUT2D eigenvalue weighted by Crippen LogP contribution is -1.97. The SMILES string of the molecule is CCc1noc(C(C)Sc2nncn2C2CC2)n1. The standard InChI is InChI=1S/C11H15N5OS/c1-3-9-13-10(17-15-9)7(2)18-11-14-12-6-16(11)8-4-5-8/h6-8H,3-5H2,1-2H3. The van der Waals surface area contributed by atoms with Crippen molar-refractivity contribution in [3.8, 4) is 0 Å². The summed E-state index contributed by atoms with van der Waals surface area (Å²) in [5.74, 6) is 1.41. The number of hydrogen-bond donors (Lipinski definition) is 0. The molecule has 1 unspecified atom stereocenters. The number of rotatable bonds is 5. The van der Waals surface area contributed by atoms with Gasteiger partial charge in [0.15, 0.2) is 11.0 Å². The van der Waals surface area contributed by atoms with Gasteiger partial charge in [-0.1, -0.05) is 23.8 Å². The van der Waals surface area contributed by atoms with Gasteiger partial charge in [0.25, 0.3) is 0 Å². The summed E-state index contributed by atoms with van der Waals surface area (Å²) in [5, 5.41) is 13.1. The molecule has 0 amide bonds. The highest BCUT2D eigenvalue weighted by atomic mass is 32.2. The lowest BCUT2D eigenvalue weighted by molar-refractivity contribution is 0.375. The lowest BCUT2D eigenvalue weighted by atomic mass is 10.4. The molecule has 0 N–H and O–H groups in total. The van der Waals surface area contributed by atoms with Gasteiger partial charge in [-0.05, 0) is 19.8 Å². The highest BCUT2D eigenvalue weighted by Crippen LogP contribution is 2.40. The van der Waals surface area contributed by atoms with Crippen LogP contribution in [0.2, 0.25) is 0 Å². The minimum atomic E-state index is 0.0968. The summed E-state index contributed by atoms with van der Waals surface area (Å²) < 4.78 is 7.38. The molecule has 1 fully saturated rings. The third-order valence-corrected chi connectivity index (χ3v) is 3.97. The molecule has 0 aliphatic heterocycles. The smallest absolute Gasteiger partial charge is 0.239 e. The van der Waals surface area contributed by atoms with Crippen molar-refractivity contribution < 1.29 is 4.52 Å². The first-order chi connectivity index (χ1) is 8.78. The summed E-state index contributed by atoms with van der Waals surface area (Å²) in [6.07, 6.45) is 5.04. The second-order valence-electron chi connectivity index (χ2n) is 4.41. The largest absolute Gasteiger partial charge is 0.338 e. The van der Waals surface area contributed by atoms with E-state index in [2.05, 4.69) is 24.9 Å². The maximum Gasteiger partial charge on any atom is 0.239 e. The van der Waals surface area contributed by atoms with Crippen molar-refractivity contribution in [2.75, 3.05) is 0 Å². The molecule has 2 aromatic heterocycles. The summed E-state index contributed by atoms with van der Waals surface area (Å²) in [7, 11) is 0. The zero-order valence-electron chi connectivity index (χ0n) is 10.4. The summed E-state index contributed by atoms with van der Waals surface area (Å²) in [6.45, 7) is 4.06. The molecule has 1 saturated carbocycles. The number of aromatic nitrogens is 5. The molecular formula is C11H15N5OS. The van der Waals surface area contributed by atoms with Crippen LogP contribution in [0.1, 0.15) is 49.7 Å². The minimum Gasteiger partial charge on any atom is -0.338 e. The number of nitrogens with zero attached hydrogens (tertiary/aromatic N) is 5. The molecule has 6 nitrogen and oxygen atoms in total. The fraction of sp³-hybridized carbons (Fsp3) is 0.636.